The van der Waals surface area contributed by atoms with E-state index in [1.54, 1.807) is 17.0 Å². The molecule has 1 heterocycles. The summed E-state index contributed by atoms with van der Waals surface area (Å²) in [6.45, 7) is 6.68. The fourth-order valence-corrected chi connectivity index (χ4v) is 1.86. The van der Waals surface area contributed by atoms with Gasteiger partial charge in [0.15, 0.2) is 5.78 Å². The fraction of sp³-hybridized carbons (Fsp3) is 0.250. The second kappa shape index (κ2) is 5.65. The van der Waals surface area contributed by atoms with Crippen LogP contribution >= 0.6 is 0 Å². The van der Waals surface area contributed by atoms with Gasteiger partial charge in [0, 0.05) is 12.7 Å². The molecule has 0 N–H and O–H groups in total. The van der Waals surface area contributed by atoms with Crippen molar-refractivity contribution in [3.63, 3.8) is 0 Å². The van der Waals surface area contributed by atoms with Crippen molar-refractivity contribution < 1.29 is 4.79 Å². The molecule has 0 amide bonds. The van der Waals surface area contributed by atoms with E-state index >= 15 is 0 Å². The third-order valence-corrected chi connectivity index (χ3v) is 3.04. The number of hydrogen-bond acceptors (Lipinski definition) is 2. The summed E-state index contributed by atoms with van der Waals surface area (Å²) in [7, 11) is 0. The topological polar surface area (TPSA) is 34.9 Å². The van der Waals surface area contributed by atoms with Crippen LogP contribution in [0.2, 0.25) is 0 Å². The lowest BCUT2D eigenvalue weighted by molar-refractivity contribution is 0.104. The summed E-state index contributed by atoms with van der Waals surface area (Å²) in [6, 6.07) is 8.07. The molecule has 19 heavy (non-hydrogen) atoms. The molecule has 0 aliphatic carbocycles. The number of hydrogen-bond donors (Lipinski definition) is 0. The Bertz CT molecular complexity index is 606. The third kappa shape index (κ3) is 3.19. The first-order chi connectivity index (χ1) is 9.10. The van der Waals surface area contributed by atoms with Gasteiger partial charge in [0.1, 0.15) is 0 Å². The van der Waals surface area contributed by atoms with Crippen LogP contribution in [0.1, 0.15) is 34.1 Å². The van der Waals surface area contributed by atoms with E-state index in [4.69, 9.17) is 0 Å². The number of nitrogens with zero attached hydrogens (tertiary/aromatic N) is 2. The molecule has 3 heteroatoms. The molecule has 0 aliphatic rings. The molecule has 1 aromatic carbocycles. The Balaban J connectivity index is 2.16. The van der Waals surface area contributed by atoms with Gasteiger partial charge < -0.3 is 0 Å². The lowest BCUT2D eigenvalue weighted by atomic mass is 10.1. The predicted molar refractivity (Wildman–Crippen MR) is 77.2 cm³/mol. The first kappa shape index (κ1) is 13.3. The molecule has 2 aromatic rings. The molecule has 0 aliphatic heterocycles. The van der Waals surface area contributed by atoms with Crippen molar-refractivity contribution in [3.8, 4) is 0 Å². The van der Waals surface area contributed by atoms with Crippen molar-refractivity contribution in [3.05, 3.63) is 58.9 Å². The molecule has 98 valence electrons. The molecule has 0 spiro atoms. The molecule has 0 atom stereocenters. The summed E-state index contributed by atoms with van der Waals surface area (Å²) in [6.07, 6.45) is 5.25. The number of allylic oxidation sites excluding steroid dienone is 1. The van der Waals surface area contributed by atoms with E-state index in [1.165, 1.54) is 5.56 Å². The van der Waals surface area contributed by atoms with Crippen LogP contribution in [-0.2, 0) is 6.54 Å². The van der Waals surface area contributed by atoms with E-state index in [1.807, 2.05) is 51.1 Å². The highest BCUT2D eigenvalue weighted by Gasteiger charge is 2.09. The van der Waals surface area contributed by atoms with Crippen LogP contribution in [0.4, 0.5) is 0 Å². The minimum Gasteiger partial charge on any atom is -0.289 e. The largest absolute Gasteiger partial charge is 0.289 e. The Morgan fingerprint density at radius 1 is 1.26 bits per heavy atom. The molecular formula is C16H18N2O. The van der Waals surface area contributed by atoms with Gasteiger partial charge in [-0.1, -0.05) is 35.9 Å². The number of aromatic nitrogens is 2. The van der Waals surface area contributed by atoms with Crippen molar-refractivity contribution in [2.75, 3.05) is 0 Å². The van der Waals surface area contributed by atoms with E-state index in [9.17, 15) is 4.79 Å². The second-order valence-electron chi connectivity index (χ2n) is 4.59. The predicted octanol–water partition coefficient (Wildman–Crippen LogP) is 3.42. The zero-order valence-corrected chi connectivity index (χ0v) is 11.6. The minimum atomic E-state index is -0.00206. The third-order valence-electron chi connectivity index (χ3n) is 3.04. The summed E-state index contributed by atoms with van der Waals surface area (Å²) in [5.74, 6) is -0.00206. The average Bonchev–Trinajstić information content (AvgIpc) is 2.79. The van der Waals surface area contributed by atoms with Crippen molar-refractivity contribution in [2.45, 2.75) is 27.3 Å². The Morgan fingerprint density at radius 3 is 2.53 bits per heavy atom. The van der Waals surface area contributed by atoms with E-state index in [-0.39, 0.29) is 5.78 Å². The molecular weight excluding hydrogens is 236 g/mol. The number of ketones is 1. The maximum absolute atomic E-state index is 12.1. The number of carbonyl (C=O) groups is 1. The van der Waals surface area contributed by atoms with Gasteiger partial charge >= 0.3 is 0 Å². The summed E-state index contributed by atoms with van der Waals surface area (Å²) in [5.41, 5.74) is 3.69. The standard InChI is InChI=1S/C16H18N2O/c1-4-18-11-15(13(3)17-18)16(19)10-9-14-7-5-12(2)6-8-14/h5-11H,4H2,1-3H3/b10-9+. The summed E-state index contributed by atoms with van der Waals surface area (Å²) in [5, 5.41) is 4.28. The van der Waals surface area contributed by atoms with Gasteiger partial charge in [0.05, 0.1) is 11.3 Å². The lowest BCUT2D eigenvalue weighted by Crippen LogP contribution is -1.94. The quantitative estimate of drug-likeness (QED) is 0.619. The van der Waals surface area contributed by atoms with Crippen LogP contribution in [0.5, 0.6) is 0 Å². The summed E-state index contributed by atoms with van der Waals surface area (Å²) < 4.78 is 1.78. The van der Waals surface area contributed by atoms with Crippen LogP contribution in [-0.4, -0.2) is 15.6 Å². The molecule has 2 rings (SSSR count). The van der Waals surface area contributed by atoms with Crippen LogP contribution in [0.3, 0.4) is 0 Å². The van der Waals surface area contributed by atoms with Gasteiger partial charge in [-0.3, -0.25) is 9.48 Å². The van der Waals surface area contributed by atoms with Gasteiger partial charge in [-0.2, -0.15) is 5.10 Å². The molecule has 1 aromatic heterocycles. The van der Waals surface area contributed by atoms with E-state index < -0.39 is 0 Å². The maximum atomic E-state index is 12.1. The van der Waals surface area contributed by atoms with Gasteiger partial charge in [-0.25, -0.2) is 0 Å². The molecule has 3 nitrogen and oxygen atoms in total. The Labute approximate surface area is 113 Å². The van der Waals surface area contributed by atoms with Crippen LogP contribution in [0.15, 0.2) is 36.5 Å². The Morgan fingerprint density at radius 2 is 1.95 bits per heavy atom. The highest BCUT2D eigenvalue weighted by molar-refractivity contribution is 6.07. The fourth-order valence-electron chi connectivity index (χ4n) is 1.86. The normalized spacial score (nSPS) is 11.1. The first-order valence-corrected chi connectivity index (χ1v) is 6.43. The molecule has 0 saturated carbocycles. The van der Waals surface area contributed by atoms with Crippen molar-refractivity contribution >= 4 is 11.9 Å². The van der Waals surface area contributed by atoms with Crippen LogP contribution < -0.4 is 0 Å². The van der Waals surface area contributed by atoms with E-state index in [0.29, 0.717) is 5.56 Å². The maximum Gasteiger partial charge on any atom is 0.189 e. The number of rotatable bonds is 4. The average molecular weight is 254 g/mol. The van der Waals surface area contributed by atoms with Gasteiger partial charge in [-0.15, -0.1) is 0 Å². The van der Waals surface area contributed by atoms with Crippen molar-refractivity contribution in [1.29, 1.82) is 0 Å². The first-order valence-electron chi connectivity index (χ1n) is 6.43. The monoisotopic (exact) mass is 254 g/mol. The second-order valence-corrected chi connectivity index (χ2v) is 4.59. The Hall–Kier alpha value is -2.16. The van der Waals surface area contributed by atoms with Gasteiger partial charge in [-0.05, 0) is 32.4 Å². The number of carbonyl (C=O) groups excluding carboxylic acids is 1. The Kier molecular flexibility index (Phi) is 3.95. The number of aryl methyl sites for hydroxylation is 3. The van der Waals surface area contributed by atoms with E-state index in [0.717, 1.165) is 17.8 Å². The van der Waals surface area contributed by atoms with Gasteiger partial charge in [0.25, 0.3) is 0 Å². The zero-order chi connectivity index (χ0) is 13.8. The van der Waals surface area contributed by atoms with E-state index in [2.05, 4.69) is 5.10 Å². The van der Waals surface area contributed by atoms with Crippen molar-refractivity contribution in [1.82, 2.24) is 9.78 Å². The highest BCUT2D eigenvalue weighted by atomic mass is 16.1. The SMILES string of the molecule is CCn1cc(C(=O)/C=C/c2ccc(C)cc2)c(C)n1. The highest BCUT2D eigenvalue weighted by Crippen LogP contribution is 2.10. The smallest absolute Gasteiger partial charge is 0.189 e. The molecule has 0 unspecified atom stereocenters. The molecule has 0 saturated heterocycles. The summed E-state index contributed by atoms with van der Waals surface area (Å²) >= 11 is 0. The molecule has 0 bridgehead atoms. The minimum absolute atomic E-state index is 0.00206. The van der Waals surface area contributed by atoms with Crippen LogP contribution in [0, 0.1) is 13.8 Å². The van der Waals surface area contributed by atoms with Gasteiger partial charge in [0.2, 0.25) is 0 Å². The molecule has 0 fully saturated rings. The van der Waals surface area contributed by atoms with Crippen molar-refractivity contribution in [2.24, 2.45) is 0 Å². The number of benzene rings is 1. The zero-order valence-electron chi connectivity index (χ0n) is 11.6. The lowest BCUT2D eigenvalue weighted by Gasteiger charge is -1.95. The molecule has 0 radical (unpaired) electrons. The van der Waals surface area contributed by atoms with Crippen LogP contribution in [0.25, 0.3) is 6.08 Å². The summed E-state index contributed by atoms with van der Waals surface area (Å²) in [4.78, 5) is 12.1.